The van der Waals surface area contributed by atoms with Crippen molar-refractivity contribution in [1.29, 1.82) is 0 Å². The number of carbonyl (C=O) groups is 1. The molecule has 1 N–H and O–H groups in total. The maximum Gasteiger partial charge on any atom is 0.315 e. The van der Waals surface area contributed by atoms with Gasteiger partial charge in [-0.3, -0.25) is 4.79 Å². The first-order chi connectivity index (χ1) is 8.41. The van der Waals surface area contributed by atoms with Crippen LogP contribution in [0.4, 0.5) is 0 Å². The van der Waals surface area contributed by atoms with E-state index < -0.39 is 11.4 Å². The highest BCUT2D eigenvalue weighted by atomic mass is 35.5. The van der Waals surface area contributed by atoms with Gasteiger partial charge in [-0.25, -0.2) is 4.98 Å². The van der Waals surface area contributed by atoms with Gasteiger partial charge in [0.25, 0.3) is 0 Å². The smallest absolute Gasteiger partial charge is 0.315 e. The highest BCUT2D eigenvalue weighted by Crippen LogP contribution is 2.23. The van der Waals surface area contributed by atoms with Crippen molar-refractivity contribution in [2.24, 2.45) is 0 Å². The Hall–Kier alpha value is -1.81. The SMILES string of the molecule is CC(C)(C(=O)O)c1cn(-c2ccc(Cl)cc2)cn1. The molecular weight excluding hydrogens is 252 g/mol. The minimum Gasteiger partial charge on any atom is -0.481 e. The maximum absolute atomic E-state index is 11.1. The van der Waals surface area contributed by atoms with Crippen molar-refractivity contribution in [2.45, 2.75) is 19.3 Å². The highest BCUT2D eigenvalue weighted by molar-refractivity contribution is 6.30. The van der Waals surface area contributed by atoms with E-state index in [0.717, 1.165) is 5.69 Å². The van der Waals surface area contributed by atoms with Crippen LogP contribution in [-0.2, 0) is 10.2 Å². The van der Waals surface area contributed by atoms with Crippen molar-refractivity contribution in [2.75, 3.05) is 0 Å². The fourth-order valence-corrected chi connectivity index (χ4v) is 1.64. The molecule has 0 spiro atoms. The molecule has 4 nitrogen and oxygen atoms in total. The van der Waals surface area contributed by atoms with E-state index in [0.29, 0.717) is 10.7 Å². The Bertz CT molecular complexity index is 573. The predicted octanol–water partition coefficient (Wildman–Crippen LogP) is 2.89. The standard InChI is InChI=1S/C13H13ClN2O2/c1-13(2,12(17)18)11-7-16(8-15-11)10-5-3-9(14)4-6-10/h3-8H,1-2H3,(H,17,18). The minimum atomic E-state index is -1.00. The van der Waals surface area contributed by atoms with E-state index in [1.54, 1.807) is 43.1 Å². The fraction of sp³-hybridized carbons (Fsp3) is 0.231. The van der Waals surface area contributed by atoms with Crippen molar-refractivity contribution in [3.05, 3.63) is 47.5 Å². The van der Waals surface area contributed by atoms with Crippen LogP contribution in [0.2, 0.25) is 5.02 Å². The molecule has 2 aromatic rings. The summed E-state index contributed by atoms with van der Waals surface area (Å²) in [6.07, 6.45) is 3.32. The molecule has 5 heteroatoms. The quantitative estimate of drug-likeness (QED) is 0.927. The second-order valence-corrected chi connectivity index (χ2v) is 5.01. The van der Waals surface area contributed by atoms with Gasteiger partial charge in [-0.05, 0) is 38.1 Å². The van der Waals surface area contributed by atoms with Crippen LogP contribution >= 0.6 is 11.6 Å². The molecule has 0 aliphatic heterocycles. The lowest BCUT2D eigenvalue weighted by molar-refractivity contribution is -0.142. The van der Waals surface area contributed by atoms with Gasteiger partial charge in [-0.2, -0.15) is 0 Å². The van der Waals surface area contributed by atoms with Gasteiger partial charge in [0.15, 0.2) is 0 Å². The van der Waals surface area contributed by atoms with Gasteiger partial charge in [-0.15, -0.1) is 0 Å². The zero-order valence-electron chi connectivity index (χ0n) is 10.1. The lowest BCUT2D eigenvalue weighted by atomic mass is 9.90. The Morgan fingerprint density at radius 2 is 1.94 bits per heavy atom. The van der Waals surface area contributed by atoms with Gasteiger partial charge in [0.05, 0.1) is 12.0 Å². The van der Waals surface area contributed by atoms with Gasteiger partial charge in [0.2, 0.25) is 0 Å². The second-order valence-electron chi connectivity index (χ2n) is 4.57. The number of rotatable bonds is 3. The topological polar surface area (TPSA) is 55.1 Å². The van der Waals surface area contributed by atoms with E-state index in [9.17, 15) is 4.79 Å². The third-order valence-electron chi connectivity index (χ3n) is 2.88. The summed E-state index contributed by atoms with van der Waals surface area (Å²) in [6.45, 7) is 3.26. The maximum atomic E-state index is 11.1. The molecule has 0 fully saturated rings. The molecule has 1 aromatic heterocycles. The highest BCUT2D eigenvalue weighted by Gasteiger charge is 2.31. The van der Waals surface area contributed by atoms with Crippen LogP contribution in [0.3, 0.4) is 0 Å². The van der Waals surface area contributed by atoms with Crippen molar-refractivity contribution in [3.8, 4) is 5.69 Å². The minimum absolute atomic E-state index is 0.518. The number of aliphatic carboxylic acids is 1. The van der Waals surface area contributed by atoms with Crippen LogP contribution in [0, 0.1) is 0 Å². The zero-order chi connectivity index (χ0) is 13.3. The third kappa shape index (κ3) is 2.24. The summed E-state index contributed by atoms with van der Waals surface area (Å²) >= 11 is 5.82. The molecule has 0 saturated heterocycles. The monoisotopic (exact) mass is 264 g/mol. The zero-order valence-corrected chi connectivity index (χ0v) is 10.8. The number of carboxylic acids is 1. The van der Waals surface area contributed by atoms with E-state index in [1.807, 2.05) is 12.1 Å². The van der Waals surface area contributed by atoms with Crippen molar-refractivity contribution in [3.63, 3.8) is 0 Å². The summed E-state index contributed by atoms with van der Waals surface area (Å²) < 4.78 is 1.77. The number of nitrogens with zero attached hydrogens (tertiary/aromatic N) is 2. The van der Waals surface area contributed by atoms with Crippen LogP contribution < -0.4 is 0 Å². The molecule has 0 unspecified atom stereocenters. The molecule has 0 saturated carbocycles. The molecule has 0 amide bonds. The Labute approximate surface area is 110 Å². The molecule has 0 aliphatic carbocycles. The number of carboxylic acid groups (broad SMARTS) is 1. The van der Waals surface area contributed by atoms with Gasteiger partial charge >= 0.3 is 5.97 Å². The summed E-state index contributed by atoms with van der Waals surface area (Å²) in [7, 11) is 0. The lowest BCUT2D eigenvalue weighted by Crippen LogP contribution is -2.28. The van der Waals surface area contributed by atoms with E-state index in [2.05, 4.69) is 4.98 Å². The molecule has 1 heterocycles. The first-order valence-corrected chi connectivity index (χ1v) is 5.83. The average molecular weight is 265 g/mol. The number of aromatic nitrogens is 2. The Morgan fingerprint density at radius 3 is 2.50 bits per heavy atom. The third-order valence-corrected chi connectivity index (χ3v) is 3.13. The van der Waals surface area contributed by atoms with E-state index in [1.165, 1.54) is 0 Å². The van der Waals surface area contributed by atoms with E-state index in [4.69, 9.17) is 16.7 Å². The van der Waals surface area contributed by atoms with Crippen molar-refractivity contribution in [1.82, 2.24) is 9.55 Å². The van der Waals surface area contributed by atoms with Gasteiger partial charge in [0, 0.05) is 16.9 Å². The molecule has 0 aliphatic rings. The summed E-state index contributed by atoms with van der Waals surface area (Å²) in [5.74, 6) is -0.899. The van der Waals surface area contributed by atoms with Crippen LogP contribution in [0.5, 0.6) is 0 Å². The number of hydrogen-bond acceptors (Lipinski definition) is 2. The Balaban J connectivity index is 2.37. The van der Waals surface area contributed by atoms with E-state index in [-0.39, 0.29) is 0 Å². The molecule has 2 rings (SSSR count). The van der Waals surface area contributed by atoms with Crippen LogP contribution in [0.1, 0.15) is 19.5 Å². The summed E-state index contributed by atoms with van der Waals surface area (Å²) in [5, 5.41) is 9.80. The molecule has 94 valence electrons. The van der Waals surface area contributed by atoms with Gasteiger partial charge in [0.1, 0.15) is 5.41 Å². The molecule has 0 radical (unpaired) electrons. The first-order valence-electron chi connectivity index (χ1n) is 5.45. The predicted molar refractivity (Wildman–Crippen MR) is 69.2 cm³/mol. The van der Waals surface area contributed by atoms with Crippen LogP contribution in [0.25, 0.3) is 5.69 Å². The van der Waals surface area contributed by atoms with E-state index >= 15 is 0 Å². The Morgan fingerprint density at radius 1 is 1.33 bits per heavy atom. The molecule has 18 heavy (non-hydrogen) atoms. The fourth-order valence-electron chi connectivity index (χ4n) is 1.51. The normalized spacial score (nSPS) is 11.5. The number of hydrogen-bond donors (Lipinski definition) is 1. The first kappa shape index (κ1) is 12.6. The summed E-state index contributed by atoms with van der Waals surface area (Å²) in [5.41, 5.74) is 0.404. The summed E-state index contributed by atoms with van der Waals surface area (Å²) in [4.78, 5) is 15.3. The second kappa shape index (κ2) is 4.46. The van der Waals surface area contributed by atoms with Gasteiger partial charge in [-0.1, -0.05) is 11.6 Å². The van der Waals surface area contributed by atoms with Crippen LogP contribution in [0.15, 0.2) is 36.8 Å². The average Bonchev–Trinajstić information content (AvgIpc) is 2.79. The van der Waals surface area contributed by atoms with Crippen LogP contribution in [-0.4, -0.2) is 20.6 Å². The summed E-state index contributed by atoms with van der Waals surface area (Å²) in [6, 6.07) is 7.25. The largest absolute Gasteiger partial charge is 0.481 e. The molecule has 0 bridgehead atoms. The van der Waals surface area contributed by atoms with Crippen molar-refractivity contribution < 1.29 is 9.90 Å². The lowest BCUT2D eigenvalue weighted by Gasteiger charge is -2.15. The van der Waals surface area contributed by atoms with Crippen molar-refractivity contribution >= 4 is 17.6 Å². The molecule has 0 atom stereocenters. The number of imidazole rings is 1. The molecule has 1 aromatic carbocycles. The Kier molecular flexibility index (Phi) is 3.13. The number of benzene rings is 1. The molecular formula is C13H13ClN2O2. The number of halogens is 1. The van der Waals surface area contributed by atoms with Gasteiger partial charge < -0.3 is 9.67 Å².